The lowest BCUT2D eigenvalue weighted by molar-refractivity contribution is -0.136. The zero-order chi connectivity index (χ0) is 32.1. The highest BCUT2D eigenvalue weighted by molar-refractivity contribution is 5.95. The molecule has 13 nitrogen and oxygen atoms in total. The van der Waals surface area contributed by atoms with Crippen molar-refractivity contribution in [1.29, 1.82) is 0 Å². The lowest BCUT2D eigenvalue weighted by Gasteiger charge is -2.27. The number of unbranched alkanes of at least 4 members (excludes halogenated alkanes) is 8. The number of hydrogen-bond acceptors (Lipinski definition) is 8. The second-order valence-electron chi connectivity index (χ2n) is 11.4. The molecule has 9 N–H and O–H groups in total. The minimum atomic E-state index is -1.76. The quantitative estimate of drug-likeness (QED) is 0.0574. The van der Waals surface area contributed by atoms with Crippen LogP contribution in [-0.4, -0.2) is 76.4 Å². The average Bonchev–Trinajstić information content (AvgIpc) is 2.88. The third-order valence-electron chi connectivity index (χ3n) is 6.71. The summed E-state index contributed by atoms with van der Waals surface area (Å²) in [4.78, 5) is 72.9. The van der Waals surface area contributed by atoms with Gasteiger partial charge in [-0.05, 0) is 18.8 Å². The number of aliphatic hydroxyl groups is 2. The van der Waals surface area contributed by atoms with Gasteiger partial charge in [-0.2, -0.15) is 0 Å². The van der Waals surface area contributed by atoms with Crippen LogP contribution in [0, 0.1) is 5.92 Å². The fraction of sp³-hybridized carbons (Fsp3) is 0.793. The van der Waals surface area contributed by atoms with Crippen LogP contribution in [0.25, 0.3) is 0 Å². The summed E-state index contributed by atoms with van der Waals surface area (Å²) in [5.74, 6) is -4.55. The summed E-state index contributed by atoms with van der Waals surface area (Å²) >= 11 is 0. The number of rotatable bonds is 25. The summed E-state index contributed by atoms with van der Waals surface area (Å²) in [7, 11) is 0. The number of aldehydes is 1. The van der Waals surface area contributed by atoms with Crippen molar-refractivity contribution in [2.45, 2.75) is 141 Å². The Hall–Kier alpha value is -3.06. The van der Waals surface area contributed by atoms with Gasteiger partial charge in [-0.15, -0.1) is 0 Å². The van der Waals surface area contributed by atoms with E-state index >= 15 is 0 Å². The molecule has 13 heteroatoms. The van der Waals surface area contributed by atoms with Crippen LogP contribution in [-0.2, 0) is 28.8 Å². The third-order valence-corrected chi connectivity index (χ3v) is 6.71. The van der Waals surface area contributed by atoms with Crippen LogP contribution in [0.3, 0.4) is 0 Å². The fourth-order valence-corrected chi connectivity index (χ4v) is 4.51. The van der Waals surface area contributed by atoms with Gasteiger partial charge >= 0.3 is 0 Å². The van der Waals surface area contributed by atoms with Gasteiger partial charge in [0.05, 0.1) is 37.5 Å². The Morgan fingerprint density at radius 1 is 0.738 bits per heavy atom. The highest BCUT2D eigenvalue weighted by Crippen LogP contribution is 2.13. The second kappa shape index (κ2) is 22.5. The molecule has 242 valence electrons. The standard InChI is InChI=1S/C29H53N5O8/c1-4-5-6-7-8-9-10-11-12-13-21(36)15-26(40)33-22(16-24(30)38)28(41)34-27(23(37)17-25(31)39)29(42)32-20(18-35)14-19(2)3/h18-23,27,36-37H,4-17H2,1-3H3,(H2,30,38)(H2,31,39)(H,32,42)(H,33,40)(H,34,41). The zero-order valence-electron chi connectivity index (χ0n) is 25.4. The number of aliphatic hydroxyl groups excluding tert-OH is 2. The summed E-state index contributed by atoms with van der Waals surface area (Å²) in [5.41, 5.74) is 10.4. The molecule has 5 atom stereocenters. The maximum absolute atomic E-state index is 13.0. The fourth-order valence-electron chi connectivity index (χ4n) is 4.51. The van der Waals surface area contributed by atoms with Crippen LogP contribution in [0.5, 0.6) is 0 Å². The van der Waals surface area contributed by atoms with E-state index in [0.717, 1.165) is 25.7 Å². The van der Waals surface area contributed by atoms with E-state index in [1.165, 1.54) is 32.1 Å². The Balaban J connectivity index is 5.14. The molecule has 0 saturated carbocycles. The molecular formula is C29H53N5O8. The van der Waals surface area contributed by atoms with E-state index in [2.05, 4.69) is 22.9 Å². The molecule has 0 bridgehead atoms. The third kappa shape index (κ3) is 19.1. The number of carbonyl (C=O) groups excluding carboxylic acids is 6. The normalized spacial score (nSPS) is 14.7. The van der Waals surface area contributed by atoms with Gasteiger partial charge in [0.15, 0.2) is 0 Å². The van der Waals surface area contributed by atoms with Crippen molar-refractivity contribution in [2.75, 3.05) is 0 Å². The van der Waals surface area contributed by atoms with Crippen molar-refractivity contribution in [3.8, 4) is 0 Å². The summed E-state index contributed by atoms with van der Waals surface area (Å²) in [6.45, 7) is 5.83. The Bertz CT molecular complexity index is 854. The second-order valence-corrected chi connectivity index (χ2v) is 11.4. The number of hydrogen-bond donors (Lipinski definition) is 7. The zero-order valence-corrected chi connectivity index (χ0v) is 25.4. The molecule has 0 fully saturated rings. The molecule has 0 aliphatic heterocycles. The molecule has 42 heavy (non-hydrogen) atoms. The van der Waals surface area contributed by atoms with Gasteiger partial charge < -0.3 is 42.4 Å². The first-order valence-electron chi connectivity index (χ1n) is 15.1. The topological polar surface area (TPSA) is 231 Å². The van der Waals surface area contributed by atoms with Crippen molar-refractivity contribution >= 4 is 35.8 Å². The molecule has 0 aromatic heterocycles. The molecule has 0 spiro atoms. The highest BCUT2D eigenvalue weighted by Gasteiger charge is 2.34. The molecule has 0 aromatic carbocycles. The van der Waals surface area contributed by atoms with Gasteiger partial charge in [-0.3, -0.25) is 24.0 Å². The van der Waals surface area contributed by atoms with Gasteiger partial charge in [0, 0.05) is 0 Å². The Morgan fingerprint density at radius 3 is 1.79 bits per heavy atom. The summed E-state index contributed by atoms with van der Waals surface area (Å²) in [5, 5.41) is 27.7. The summed E-state index contributed by atoms with van der Waals surface area (Å²) in [6, 6.07) is -4.18. The van der Waals surface area contributed by atoms with Gasteiger partial charge in [-0.1, -0.05) is 78.6 Å². The van der Waals surface area contributed by atoms with E-state index in [1.807, 2.05) is 13.8 Å². The van der Waals surface area contributed by atoms with E-state index in [9.17, 15) is 39.0 Å². The maximum Gasteiger partial charge on any atom is 0.245 e. The van der Waals surface area contributed by atoms with Crippen LogP contribution in [0.4, 0.5) is 0 Å². The molecule has 0 heterocycles. The van der Waals surface area contributed by atoms with Gasteiger partial charge in [-0.25, -0.2) is 0 Å². The number of primary amides is 2. The number of nitrogens with one attached hydrogen (secondary N) is 3. The van der Waals surface area contributed by atoms with Crippen LogP contribution < -0.4 is 27.4 Å². The van der Waals surface area contributed by atoms with Crippen molar-refractivity contribution in [2.24, 2.45) is 17.4 Å². The van der Waals surface area contributed by atoms with E-state index in [0.29, 0.717) is 12.7 Å². The van der Waals surface area contributed by atoms with Gasteiger partial charge in [0.2, 0.25) is 29.5 Å². The monoisotopic (exact) mass is 599 g/mol. The predicted molar refractivity (Wildman–Crippen MR) is 157 cm³/mol. The van der Waals surface area contributed by atoms with Crippen LogP contribution in [0.2, 0.25) is 0 Å². The highest BCUT2D eigenvalue weighted by atomic mass is 16.3. The van der Waals surface area contributed by atoms with Crippen LogP contribution in [0.1, 0.15) is 111 Å². The largest absolute Gasteiger partial charge is 0.393 e. The van der Waals surface area contributed by atoms with Gasteiger partial charge in [0.1, 0.15) is 18.4 Å². The average molecular weight is 600 g/mol. The minimum absolute atomic E-state index is 0.0370. The van der Waals surface area contributed by atoms with Crippen molar-refractivity contribution in [3.63, 3.8) is 0 Å². The summed E-state index contributed by atoms with van der Waals surface area (Å²) in [6.07, 6.45) is 6.80. The SMILES string of the molecule is CCCCCCCCCCCC(O)CC(=O)NC(CC(N)=O)C(=O)NC(C(=O)NC(C=O)CC(C)C)C(O)CC(N)=O. The van der Waals surface area contributed by atoms with E-state index < -0.39 is 72.7 Å². The number of amides is 5. The maximum atomic E-state index is 13.0. The molecule has 0 saturated heterocycles. The lowest BCUT2D eigenvalue weighted by atomic mass is 10.0. The smallest absolute Gasteiger partial charge is 0.245 e. The summed E-state index contributed by atoms with van der Waals surface area (Å²) < 4.78 is 0. The molecule has 0 radical (unpaired) electrons. The first-order valence-corrected chi connectivity index (χ1v) is 15.1. The Kier molecular flexibility index (Phi) is 20.9. The molecule has 5 unspecified atom stereocenters. The number of nitrogens with two attached hydrogens (primary N) is 2. The van der Waals surface area contributed by atoms with E-state index in [4.69, 9.17) is 11.5 Å². The van der Waals surface area contributed by atoms with Crippen molar-refractivity contribution in [3.05, 3.63) is 0 Å². The molecule has 0 aromatic rings. The van der Waals surface area contributed by atoms with E-state index in [-0.39, 0.29) is 18.8 Å². The first-order chi connectivity index (χ1) is 19.8. The lowest BCUT2D eigenvalue weighted by Crippen LogP contribution is -2.60. The molecule has 5 amide bonds. The van der Waals surface area contributed by atoms with Crippen molar-refractivity contribution in [1.82, 2.24) is 16.0 Å². The van der Waals surface area contributed by atoms with E-state index in [1.54, 1.807) is 0 Å². The minimum Gasteiger partial charge on any atom is -0.393 e. The molecule has 0 aliphatic carbocycles. The molecular weight excluding hydrogens is 546 g/mol. The Labute approximate surface area is 249 Å². The number of carbonyl (C=O) groups is 6. The predicted octanol–water partition coefficient (Wildman–Crippen LogP) is 0.469. The van der Waals surface area contributed by atoms with Crippen LogP contribution >= 0.6 is 0 Å². The van der Waals surface area contributed by atoms with Crippen LogP contribution in [0.15, 0.2) is 0 Å². The Morgan fingerprint density at radius 2 is 1.29 bits per heavy atom. The van der Waals surface area contributed by atoms with Crippen molar-refractivity contribution < 1.29 is 39.0 Å². The first kappa shape index (κ1) is 38.9. The van der Waals surface area contributed by atoms with Gasteiger partial charge in [0.25, 0.3) is 0 Å². The molecule has 0 aliphatic rings. The molecule has 0 rings (SSSR count).